The first kappa shape index (κ1) is 15.2. The van der Waals surface area contributed by atoms with E-state index >= 15 is 0 Å². The monoisotopic (exact) mass is 317 g/mol. The Bertz CT molecular complexity index is 784. The predicted octanol–water partition coefficient (Wildman–Crippen LogP) is 2.27. The van der Waals surface area contributed by atoms with Crippen LogP contribution >= 0.6 is 0 Å². The lowest BCUT2D eigenvalue weighted by Gasteiger charge is -2.26. The van der Waals surface area contributed by atoms with Crippen LogP contribution in [-0.2, 0) is 16.4 Å². The zero-order valence-electron chi connectivity index (χ0n) is 12.6. The zero-order valence-corrected chi connectivity index (χ0v) is 13.4. The summed E-state index contributed by atoms with van der Waals surface area (Å²) in [6.07, 6.45) is -0.264. The predicted molar refractivity (Wildman–Crippen MR) is 85.0 cm³/mol. The van der Waals surface area contributed by atoms with Crippen LogP contribution in [0.1, 0.15) is 22.8 Å². The Morgan fingerprint density at radius 1 is 1.09 bits per heavy atom. The molecule has 22 heavy (non-hydrogen) atoms. The summed E-state index contributed by atoms with van der Waals surface area (Å²) in [5, 5.41) is 10.5. The number of hydrogen-bond donors (Lipinski definition) is 1. The Morgan fingerprint density at radius 2 is 1.73 bits per heavy atom. The Kier molecular flexibility index (Phi) is 3.80. The van der Waals surface area contributed by atoms with Crippen LogP contribution in [0.5, 0.6) is 0 Å². The van der Waals surface area contributed by atoms with E-state index in [-0.39, 0.29) is 4.90 Å². The van der Waals surface area contributed by atoms with Crippen LogP contribution in [0.25, 0.3) is 0 Å². The molecule has 116 valence electrons. The lowest BCUT2D eigenvalue weighted by atomic mass is 10.1. The van der Waals surface area contributed by atoms with Crippen LogP contribution in [0.2, 0.25) is 0 Å². The van der Waals surface area contributed by atoms with Crippen molar-refractivity contribution < 1.29 is 13.5 Å². The Morgan fingerprint density at radius 3 is 2.36 bits per heavy atom. The van der Waals surface area contributed by atoms with Gasteiger partial charge in [-0.15, -0.1) is 0 Å². The van der Waals surface area contributed by atoms with Gasteiger partial charge in [-0.2, -0.15) is 4.31 Å². The molecule has 1 N–H and O–H groups in total. The van der Waals surface area contributed by atoms with Gasteiger partial charge in [-0.1, -0.05) is 42.0 Å². The minimum Gasteiger partial charge on any atom is -0.387 e. The van der Waals surface area contributed by atoms with Gasteiger partial charge in [-0.05, 0) is 36.6 Å². The third kappa shape index (κ3) is 2.45. The minimum absolute atomic E-state index is 0.253. The maximum Gasteiger partial charge on any atom is 0.243 e. The molecule has 0 aliphatic heterocycles. The number of rotatable bonds is 3. The fourth-order valence-electron chi connectivity index (χ4n) is 2.93. The summed E-state index contributed by atoms with van der Waals surface area (Å²) in [6.45, 7) is 1.91. The molecule has 0 spiro atoms. The largest absolute Gasteiger partial charge is 0.387 e. The molecule has 0 saturated heterocycles. The number of benzene rings is 2. The number of hydrogen-bond acceptors (Lipinski definition) is 3. The van der Waals surface area contributed by atoms with Crippen LogP contribution in [0.4, 0.5) is 0 Å². The van der Waals surface area contributed by atoms with Gasteiger partial charge in [0.25, 0.3) is 0 Å². The molecule has 0 saturated carbocycles. The van der Waals surface area contributed by atoms with Gasteiger partial charge >= 0.3 is 0 Å². The van der Waals surface area contributed by atoms with Crippen molar-refractivity contribution in [3.05, 3.63) is 65.2 Å². The highest BCUT2D eigenvalue weighted by Gasteiger charge is 2.38. The van der Waals surface area contributed by atoms with Crippen molar-refractivity contribution in [3.63, 3.8) is 0 Å². The van der Waals surface area contributed by atoms with Gasteiger partial charge in [-0.25, -0.2) is 8.42 Å². The SMILES string of the molecule is Cc1ccc(S(=O)(=O)N(C)[C@H]2Cc3ccccc3[C@@H]2O)cc1. The molecule has 5 heteroatoms. The molecule has 1 aliphatic rings. The van der Waals surface area contributed by atoms with Gasteiger partial charge in [-0.3, -0.25) is 0 Å². The fraction of sp³-hybridized carbons (Fsp3) is 0.294. The highest BCUT2D eigenvalue weighted by Crippen LogP contribution is 2.35. The second-order valence-corrected chi connectivity index (χ2v) is 7.75. The van der Waals surface area contributed by atoms with E-state index in [0.717, 1.165) is 16.7 Å². The first-order valence-corrected chi connectivity index (χ1v) is 8.66. The van der Waals surface area contributed by atoms with Crippen molar-refractivity contribution in [2.24, 2.45) is 0 Å². The van der Waals surface area contributed by atoms with E-state index in [1.807, 2.05) is 31.2 Å². The van der Waals surface area contributed by atoms with Crippen LogP contribution in [-0.4, -0.2) is 30.9 Å². The van der Waals surface area contributed by atoms with Gasteiger partial charge in [0.1, 0.15) is 0 Å². The lowest BCUT2D eigenvalue weighted by Crippen LogP contribution is -2.39. The van der Waals surface area contributed by atoms with Crippen molar-refractivity contribution in [2.75, 3.05) is 7.05 Å². The molecule has 1 aliphatic carbocycles. The third-order valence-corrected chi connectivity index (χ3v) is 6.23. The summed E-state index contributed by atoms with van der Waals surface area (Å²) < 4.78 is 26.8. The summed E-state index contributed by atoms with van der Waals surface area (Å²) in [5.74, 6) is 0. The maximum atomic E-state index is 12.7. The molecule has 0 bridgehead atoms. The molecule has 3 rings (SSSR count). The van der Waals surface area contributed by atoms with Crippen LogP contribution in [0.3, 0.4) is 0 Å². The van der Waals surface area contributed by atoms with Gasteiger partial charge < -0.3 is 5.11 Å². The first-order valence-electron chi connectivity index (χ1n) is 7.22. The second-order valence-electron chi connectivity index (χ2n) is 5.75. The van der Waals surface area contributed by atoms with Crippen molar-refractivity contribution in [1.29, 1.82) is 0 Å². The minimum atomic E-state index is -3.62. The van der Waals surface area contributed by atoms with Crippen molar-refractivity contribution >= 4 is 10.0 Å². The van der Waals surface area contributed by atoms with Crippen molar-refractivity contribution in [2.45, 2.75) is 30.4 Å². The zero-order chi connectivity index (χ0) is 15.9. The molecule has 4 nitrogen and oxygen atoms in total. The topological polar surface area (TPSA) is 57.6 Å². The number of nitrogens with zero attached hydrogens (tertiary/aromatic N) is 1. The molecule has 0 fully saturated rings. The normalized spacial score (nSPS) is 21.1. The number of aliphatic hydroxyl groups is 1. The summed E-state index contributed by atoms with van der Waals surface area (Å²) >= 11 is 0. The number of aliphatic hydroxyl groups excluding tert-OH is 1. The van der Waals surface area contributed by atoms with Crippen molar-refractivity contribution in [3.8, 4) is 0 Å². The molecule has 0 unspecified atom stereocenters. The molecule has 0 aromatic heterocycles. The van der Waals surface area contributed by atoms with E-state index in [1.165, 1.54) is 11.4 Å². The second kappa shape index (κ2) is 5.50. The van der Waals surface area contributed by atoms with E-state index in [1.54, 1.807) is 24.3 Å². The van der Waals surface area contributed by atoms with Crippen LogP contribution in [0, 0.1) is 6.92 Å². The number of likely N-dealkylation sites (N-methyl/N-ethyl adjacent to an activating group) is 1. The van der Waals surface area contributed by atoms with Gasteiger partial charge in [0.2, 0.25) is 10.0 Å². The highest BCUT2D eigenvalue weighted by atomic mass is 32.2. The van der Waals surface area contributed by atoms with Crippen LogP contribution in [0.15, 0.2) is 53.4 Å². The van der Waals surface area contributed by atoms with Gasteiger partial charge in [0.05, 0.1) is 17.0 Å². The molecular weight excluding hydrogens is 298 g/mol. The van der Waals surface area contributed by atoms with Crippen molar-refractivity contribution in [1.82, 2.24) is 4.31 Å². The number of fused-ring (bicyclic) bond motifs is 1. The van der Waals surface area contributed by atoms with E-state index in [9.17, 15) is 13.5 Å². The average molecular weight is 317 g/mol. The lowest BCUT2D eigenvalue weighted by molar-refractivity contribution is 0.113. The van der Waals surface area contributed by atoms with E-state index < -0.39 is 22.2 Å². The molecule has 2 aromatic rings. The summed E-state index contributed by atoms with van der Waals surface area (Å²) in [7, 11) is -2.08. The highest BCUT2D eigenvalue weighted by molar-refractivity contribution is 7.89. The van der Waals surface area contributed by atoms with Gasteiger partial charge in [0, 0.05) is 7.05 Å². The van der Waals surface area contributed by atoms with E-state index in [4.69, 9.17) is 0 Å². The Balaban J connectivity index is 1.92. The molecule has 0 radical (unpaired) electrons. The molecule has 2 atom stereocenters. The average Bonchev–Trinajstić information content (AvgIpc) is 2.84. The van der Waals surface area contributed by atoms with Crippen LogP contribution < -0.4 is 0 Å². The quantitative estimate of drug-likeness (QED) is 0.945. The smallest absolute Gasteiger partial charge is 0.243 e. The number of aryl methyl sites for hydroxylation is 1. The Hall–Kier alpha value is -1.69. The number of sulfonamides is 1. The standard InChI is InChI=1S/C17H19NO3S/c1-12-7-9-14(10-8-12)22(20,21)18(2)16-11-13-5-3-4-6-15(13)17(16)19/h3-10,16-17,19H,11H2,1-2H3/t16-,17-/m0/s1. The molecule has 0 heterocycles. The summed E-state index contributed by atoms with van der Waals surface area (Å²) in [5.41, 5.74) is 2.83. The van der Waals surface area contributed by atoms with E-state index in [2.05, 4.69) is 0 Å². The molecular formula is C17H19NO3S. The molecule has 0 amide bonds. The van der Waals surface area contributed by atoms with E-state index in [0.29, 0.717) is 6.42 Å². The molecule has 2 aromatic carbocycles. The first-order chi connectivity index (χ1) is 10.4. The third-order valence-electron chi connectivity index (χ3n) is 4.33. The summed E-state index contributed by atoms with van der Waals surface area (Å²) in [4.78, 5) is 0.253. The summed E-state index contributed by atoms with van der Waals surface area (Å²) in [6, 6.07) is 13.9. The van der Waals surface area contributed by atoms with Gasteiger partial charge in [0.15, 0.2) is 0 Å². The Labute approximate surface area is 131 Å². The maximum absolute atomic E-state index is 12.7. The fourth-order valence-corrected chi connectivity index (χ4v) is 4.29.